The zero-order valence-electron chi connectivity index (χ0n) is 16.6. The zero-order chi connectivity index (χ0) is 20.6. The fraction of sp³-hybridized carbons (Fsp3) is 0.682. The third-order valence-electron chi connectivity index (χ3n) is 6.88. The summed E-state index contributed by atoms with van der Waals surface area (Å²) in [5.41, 5.74) is -0.0811. The highest BCUT2D eigenvalue weighted by atomic mass is 35.5. The van der Waals surface area contributed by atoms with Crippen molar-refractivity contribution in [3.05, 3.63) is 34.6 Å². The molecule has 0 aliphatic heterocycles. The molecule has 1 aromatic rings. The van der Waals surface area contributed by atoms with E-state index in [1.165, 1.54) is 25.0 Å². The van der Waals surface area contributed by atoms with Gasteiger partial charge < -0.3 is 5.32 Å². The summed E-state index contributed by atoms with van der Waals surface area (Å²) in [5.74, 6) is 0.351. The molecule has 1 aromatic carbocycles. The standard InChI is InChI=1S/C22H29ClFNO3S/c23-17-5-6-19(20(24)11-17)21(26)25-14-22(12-15-1-2-15)9-7-18(8-10-22)29(27,28)13-16-3-4-16/h5-6,11,15-16,18H,1-4,7-10,12-14H2,(H,25,26). The maximum absolute atomic E-state index is 14.1. The third kappa shape index (κ3) is 5.32. The Bertz CT molecular complexity index is 872. The second kappa shape index (κ2) is 8.18. The van der Waals surface area contributed by atoms with E-state index in [1.807, 2.05) is 0 Å². The largest absolute Gasteiger partial charge is 0.351 e. The molecular formula is C22H29ClFNO3S. The van der Waals surface area contributed by atoms with Crippen LogP contribution < -0.4 is 5.32 Å². The summed E-state index contributed by atoms with van der Waals surface area (Å²) in [6.07, 6.45) is 8.50. The topological polar surface area (TPSA) is 63.2 Å². The van der Waals surface area contributed by atoms with Crippen molar-refractivity contribution in [2.24, 2.45) is 17.3 Å². The Morgan fingerprint density at radius 3 is 2.34 bits per heavy atom. The molecule has 4 rings (SSSR count). The number of carbonyl (C=O) groups is 1. The lowest BCUT2D eigenvalue weighted by molar-refractivity contribution is 0.0891. The summed E-state index contributed by atoms with van der Waals surface area (Å²) in [4.78, 5) is 12.5. The van der Waals surface area contributed by atoms with Gasteiger partial charge in [0.15, 0.2) is 9.84 Å². The van der Waals surface area contributed by atoms with Crippen LogP contribution in [0.25, 0.3) is 0 Å². The SMILES string of the molecule is O=C(NCC1(CC2CC2)CCC(S(=O)(=O)CC2CC2)CC1)c1ccc(Cl)cc1F. The van der Waals surface area contributed by atoms with Gasteiger partial charge >= 0.3 is 0 Å². The van der Waals surface area contributed by atoms with E-state index >= 15 is 0 Å². The van der Waals surface area contributed by atoms with Crippen molar-refractivity contribution < 1.29 is 17.6 Å². The van der Waals surface area contributed by atoms with Crippen LogP contribution in [0.1, 0.15) is 68.1 Å². The van der Waals surface area contributed by atoms with E-state index in [0.29, 0.717) is 37.0 Å². The van der Waals surface area contributed by atoms with Gasteiger partial charge in [0.1, 0.15) is 5.82 Å². The summed E-state index contributed by atoms with van der Waals surface area (Å²) < 4.78 is 39.4. The molecule has 4 nitrogen and oxygen atoms in total. The van der Waals surface area contributed by atoms with Crippen LogP contribution in [0.4, 0.5) is 4.39 Å². The molecule has 3 fully saturated rings. The quantitative estimate of drug-likeness (QED) is 0.632. The average Bonchev–Trinajstić information content (AvgIpc) is 3.58. The van der Waals surface area contributed by atoms with Gasteiger partial charge in [-0.3, -0.25) is 4.79 Å². The normalized spacial score (nSPS) is 27.6. The number of amides is 1. The minimum absolute atomic E-state index is 0.00308. The van der Waals surface area contributed by atoms with Gasteiger partial charge in [-0.05, 0) is 80.4 Å². The molecule has 1 amide bonds. The molecule has 0 heterocycles. The highest BCUT2D eigenvalue weighted by Crippen LogP contribution is 2.48. The predicted molar refractivity (Wildman–Crippen MR) is 112 cm³/mol. The number of hydrogen-bond acceptors (Lipinski definition) is 3. The van der Waals surface area contributed by atoms with Gasteiger partial charge in [0.05, 0.1) is 16.6 Å². The Kier molecular flexibility index (Phi) is 5.95. The summed E-state index contributed by atoms with van der Waals surface area (Å²) in [7, 11) is -3.02. The first-order valence-electron chi connectivity index (χ1n) is 10.7. The van der Waals surface area contributed by atoms with Gasteiger partial charge in [-0.25, -0.2) is 12.8 Å². The van der Waals surface area contributed by atoms with Crippen molar-refractivity contribution in [2.75, 3.05) is 12.3 Å². The van der Waals surface area contributed by atoms with Crippen LogP contribution in [-0.2, 0) is 9.84 Å². The van der Waals surface area contributed by atoms with Crippen LogP contribution in [0.5, 0.6) is 0 Å². The number of carbonyl (C=O) groups excluding carboxylic acids is 1. The lowest BCUT2D eigenvalue weighted by Crippen LogP contribution is -2.43. The van der Waals surface area contributed by atoms with Crippen molar-refractivity contribution in [1.82, 2.24) is 5.32 Å². The monoisotopic (exact) mass is 441 g/mol. The second-order valence-corrected chi connectivity index (χ2v) is 12.2. The fourth-order valence-corrected chi connectivity index (χ4v) is 7.11. The van der Waals surface area contributed by atoms with Crippen LogP contribution in [0, 0.1) is 23.1 Å². The Morgan fingerprint density at radius 2 is 1.76 bits per heavy atom. The van der Waals surface area contributed by atoms with E-state index < -0.39 is 21.6 Å². The molecule has 3 aliphatic carbocycles. The molecule has 0 saturated heterocycles. The van der Waals surface area contributed by atoms with E-state index in [9.17, 15) is 17.6 Å². The Labute approximate surface area is 177 Å². The number of benzene rings is 1. The van der Waals surface area contributed by atoms with Crippen molar-refractivity contribution in [3.8, 4) is 0 Å². The minimum atomic E-state index is -3.02. The first-order valence-corrected chi connectivity index (χ1v) is 12.8. The average molecular weight is 442 g/mol. The van der Waals surface area contributed by atoms with Crippen molar-refractivity contribution in [3.63, 3.8) is 0 Å². The van der Waals surface area contributed by atoms with Gasteiger partial charge in [-0.2, -0.15) is 0 Å². The first-order chi connectivity index (χ1) is 13.8. The van der Waals surface area contributed by atoms with Gasteiger partial charge in [0.2, 0.25) is 0 Å². The van der Waals surface area contributed by atoms with Gasteiger partial charge in [0.25, 0.3) is 5.91 Å². The van der Waals surface area contributed by atoms with Crippen LogP contribution in [0.2, 0.25) is 5.02 Å². The highest BCUT2D eigenvalue weighted by Gasteiger charge is 2.43. The highest BCUT2D eigenvalue weighted by molar-refractivity contribution is 7.92. The summed E-state index contributed by atoms with van der Waals surface area (Å²) >= 11 is 5.77. The number of sulfone groups is 1. The lowest BCUT2D eigenvalue weighted by Gasteiger charge is -2.40. The van der Waals surface area contributed by atoms with E-state index in [-0.39, 0.29) is 21.3 Å². The molecular weight excluding hydrogens is 413 g/mol. The van der Waals surface area contributed by atoms with E-state index in [4.69, 9.17) is 11.6 Å². The molecule has 0 aromatic heterocycles. The zero-order valence-corrected chi connectivity index (χ0v) is 18.2. The molecule has 0 atom stereocenters. The molecule has 0 spiro atoms. The van der Waals surface area contributed by atoms with Crippen LogP contribution >= 0.6 is 11.6 Å². The molecule has 3 aliphatic rings. The number of hydrogen-bond donors (Lipinski definition) is 1. The maximum atomic E-state index is 14.1. The maximum Gasteiger partial charge on any atom is 0.254 e. The molecule has 0 unspecified atom stereocenters. The van der Waals surface area contributed by atoms with Crippen molar-refractivity contribution in [2.45, 2.75) is 63.0 Å². The molecule has 0 bridgehead atoms. The molecule has 3 saturated carbocycles. The van der Waals surface area contributed by atoms with Crippen LogP contribution in [-0.4, -0.2) is 31.9 Å². The van der Waals surface area contributed by atoms with Gasteiger partial charge in [-0.1, -0.05) is 24.4 Å². The Morgan fingerprint density at radius 1 is 1.10 bits per heavy atom. The van der Waals surface area contributed by atoms with Gasteiger partial charge in [0, 0.05) is 11.6 Å². The summed E-state index contributed by atoms with van der Waals surface area (Å²) in [5, 5.41) is 2.95. The second-order valence-electron chi connectivity index (χ2n) is 9.43. The first kappa shape index (κ1) is 21.1. The van der Waals surface area contributed by atoms with Gasteiger partial charge in [-0.15, -0.1) is 0 Å². The van der Waals surface area contributed by atoms with Crippen LogP contribution in [0.3, 0.4) is 0 Å². The molecule has 1 N–H and O–H groups in total. The molecule has 29 heavy (non-hydrogen) atoms. The number of halogens is 2. The molecule has 7 heteroatoms. The van der Waals surface area contributed by atoms with Crippen LogP contribution in [0.15, 0.2) is 18.2 Å². The Hall–Kier alpha value is -1.14. The minimum Gasteiger partial charge on any atom is -0.351 e. The third-order valence-corrected chi connectivity index (χ3v) is 9.54. The van der Waals surface area contributed by atoms with E-state index in [1.54, 1.807) is 0 Å². The number of rotatable bonds is 8. The Balaban J connectivity index is 1.39. The fourth-order valence-electron chi connectivity index (χ4n) is 4.74. The summed E-state index contributed by atoms with van der Waals surface area (Å²) in [6, 6.07) is 4.06. The smallest absolute Gasteiger partial charge is 0.254 e. The molecule has 160 valence electrons. The summed E-state index contributed by atoms with van der Waals surface area (Å²) in [6.45, 7) is 0.472. The van der Waals surface area contributed by atoms with Crippen molar-refractivity contribution >= 4 is 27.3 Å². The molecule has 0 radical (unpaired) electrons. The predicted octanol–water partition coefficient (Wildman–Crippen LogP) is 4.76. The number of nitrogens with one attached hydrogen (secondary N) is 1. The van der Waals surface area contributed by atoms with E-state index in [2.05, 4.69) is 5.32 Å². The lowest BCUT2D eigenvalue weighted by atomic mass is 9.70. The van der Waals surface area contributed by atoms with Crippen molar-refractivity contribution in [1.29, 1.82) is 0 Å². The van der Waals surface area contributed by atoms with E-state index in [0.717, 1.165) is 38.2 Å².